The highest BCUT2D eigenvalue weighted by Gasteiger charge is 2.51. The lowest BCUT2D eigenvalue weighted by Gasteiger charge is -2.49. The summed E-state index contributed by atoms with van der Waals surface area (Å²) in [5.74, 6) is 0.182. The molecule has 2 heterocycles. The summed E-state index contributed by atoms with van der Waals surface area (Å²) in [7, 11) is -3.16. The molecule has 4 nitrogen and oxygen atoms in total. The van der Waals surface area contributed by atoms with Crippen molar-refractivity contribution in [1.29, 1.82) is 0 Å². The zero-order chi connectivity index (χ0) is 14.6. The molecule has 1 N–H and O–H groups in total. The minimum Gasteiger partial charge on any atom is -0.361 e. The largest absolute Gasteiger partial charge is 0.361 e. The first-order valence-corrected chi connectivity index (χ1v) is 9.44. The Kier molecular flexibility index (Phi) is 2.97. The maximum absolute atomic E-state index is 12.3. The molecule has 2 fully saturated rings. The van der Waals surface area contributed by atoms with Crippen LogP contribution in [0.2, 0.25) is 0 Å². The van der Waals surface area contributed by atoms with E-state index in [1.165, 1.54) is 12.8 Å². The predicted octanol–water partition coefficient (Wildman–Crippen LogP) is 1.99. The number of nitrogens with one attached hydrogen (secondary N) is 1. The van der Waals surface area contributed by atoms with Crippen molar-refractivity contribution in [2.24, 2.45) is 0 Å². The summed E-state index contributed by atoms with van der Waals surface area (Å²) in [6, 6.07) is 7.38. The van der Waals surface area contributed by atoms with E-state index in [-0.39, 0.29) is 11.4 Å². The lowest BCUT2D eigenvalue weighted by atomic mass is 9.85. The van der Waals surface area contributed by atoms with Crippen molar-refractivity contribution in [3.05, 3.63) is 29.8 Å². The fraction of sp³-hybridized carbons (Fsp3) is 0.625. The number of ether oxygens (including phenoxy) is 1. The molecule has 5 heteroatoms. The van der Waals surface area contributed by atoms with E-state index in [2.05, 4.69) is 5.32 Å². The van der Waals surface area contributed by atoms with Gasteiger partial charge in [-0.3, -0.25) is 0 Å². The Morgan fingerprint density at radius 1 is 1.05 bits per heavy atom. The fourth-order valence-corrected chi connectivity index (χ4v) is 5.92. The third kappa shape index (κ3) is 2.05. The third-order valence-corrected chi connectivity index (χ3v) is 7.04. The lowest BCUT2D eigenvalue weighted by Crippen LogP contribution is -2.59. The molecule has 3 aliphatic rings. The van der Waals surface area contributed by atoms with Crippen molar-refractivity contribution in [2.75, 3.05) is 18.8 Å². The minimum absolute atomic E-state index is 0.0908. The summed E-state index contributed by atoms with van der Waals surface area (Å²) in [6.07, 6.45) is 5.13. The molecule has 0 radical (unpaired) electrons. The predicted molar refractivity (Wildman–Crippen MR) is 79.9 cm³/mol. The minimum atomic E-state index is -3.16. The van der Waals surface area contributed by atoms with Crippen molar-refractivity contribution in [3.63, 3.8) is 0 Å². The van der Waals surface area contributed by atoms with Crippen molar-refractivity contribution in [1.82, 2.24) is 5.32 Å². The highest BCUT2D eigenvalue weighted by Crippen LogP contribution is 2.47. The topological polar surface area (TPSA) is 55.4 Å². The number of fused-ring (bicyclic) bond motifs is 2. The van der Waals surface area contributed by atoms with E-state index in [0.717, 1.165) is 24.9 Å². The Morgan fingerprint density at radius 2 is 1.81 bits per heavy atom. The standard InChI is InChI=1S/C16H21NO3S/c18-21(19)10-9-16(13-5-1-2-6-14(13)21)12-17-11-15(20-16)7-3-4-8-15/h1-2,5-6,17H,3-4,7-12H2. The number of hydrogen-bond donors (Lipinski definition) is 1. The molecule has 1 saturated carbocycles. The van der Waals surface area contributed by atoms with Crippen LogP contribution in [-0.4, -0.2) is 32.9 Å². The Hall–Kier alpha value is -0.910. The molecule has 0 bridgehead atoms. The van der Waals surface area contributed by atoms with Crippen LogP contribution in [0.15, 0.2) is 29.2 Å². The zero-order valence-electron chi connectivity index (χ0n) is 12.1. The molecular weight excluding hydrogens is 286 g/mol. The normalized spacial score (nSPS) is 33.1. The fourth-order valence-electron chi connectivity index (χ4n) is 4.22. The molecule has 4 rings (SSSR count). The maximum Gasteiger partial charge on any atom is 0.178 e. The number of hydrogen-bond acceptors (Lipinski definition) is 4. The van der Waals surface area contributed by atoms with Crippen molar-refractivity contribution < 1.29 is 13.2 Å². The molecule has 2 spiro atoms. The van der Waals surface area contributed by atoms with Crippen LogP contribution in [0.5, 0.6) is 0 Å². The number of morpholine rings is 1. The monoisotopic (exact) mass is 307 g/mol. The van der Waals surface area contributed by atoms with E-state index in [1.54, 1.807) is 12.1 Å². The SMILES string of the molecule is O=S1(=O)CCC2(CNCC3(CCCC3)O2)c2ccccc21. The maximum atomic E-state index is 12.3. The zero-order valence-corrected chi connectivity index (χ0v) is 12.9. The first-order chi connectivity index (χ1) is 10.1. The van der Waals surface area contributed by atoms with E-state index in [1.807, 2.05) is 12.1 Å². The van der Waals surface area contributed by atoms with Crippen LogP contribution < -0.4 is 5.32 Å². The van der Waals surface area contributed by atoms with Gasteiger partial charge in [0.25, 0.3) is 0 Å². The summed E-state index contributed by atoms with van der Waals surface area (Å²) in [6.45, 7) is 1.60. The molecule has 2 aliphatic heterocycles. The molecule has 0 aromatic heterocycles. The second-order valence-corrected chi connectivity index (χ2v) is 8.73. The van der Waals surface area contributed by atoms with Crippen LogP contribution in [-0.2, 0) is 20.2 Å². The molecule has 0 amide bonds. The van der Waals surface area contributed by atoms with Crippen LogP contribution in [0.25, 0.3) is 0 Å². The van der Waals surface area contributed by atoms with E-state index in [4.69, 9.17) is 4.74 Å². The van der Waals surface area contributed by atoms with Crippen molar-refractivity contribution in [3.8, 4) is 0 Å². The first kappa shape index (κ1) is 13.7. The molecule has 1 aliphatic carbocycles. The van der Waals surface area contributed by atoms with Gasteiger partial charge in [0.15, 0.2) is 9.84 Å². The molecule has 1 atom stereocenters. The van der Waals surface area contributed by atoms with Crippen molar-refractivity contribution >= 4 is 9.84 Å². The highest BCUT2D eigenvalue weighted by molar-refractivity contribution is 7.91. The number of sulfone groups is 1. The Morgan fingerprint density at radius 3 is 2.62 bits per heavy atom. The summed E-state index contributed by atoms with van der Waals surface area (Å²) in [5, 5.41) is 3.53. The summed E-state index contributed by atoms with van der Waals surface area (Å²) >= 11 is 0. The average molecular weight is 307 g/mol. The van der Waals surface area contributed by atoms with Gasteiger partial charge < -0.3 is 10.1 Å². The van der Waals surface area contributed by atoms with Crippen molar-refractivity contribution in [2.45, 2.75) is 48.2 Å². The molecule has 1 unspecified atom stereocenters. The van der Waals surface area contributed by atoms with Crippen LogP contribution in [0.3, 0.4) is 0 Å². The molecule has 1 saturated heterocycles. The Labute approximate surface area is 125 Å². The van der Waals surface area contributed by atoms with Crippen LogP contribution in [0.4, 0.5) is 0 Å². The van der Waals surface area contributed by atoms with Crippen LogP contribution >= 0.6 is 0 Å². The second-order valence-electron chi connectivity index (χ2n) is 6.66. The smallest absolute Gasteiger partial charge is 0.178 e. The number of benzene rings is 1. The Bertz CT molecular complexity index is 664. The van der Waals surface area contributed by atoms with Gasteiger partial charge in [0.05, 0.1) is 16.2 Å². The summed E-state index contributed by atoms with van der Waals surface area (Å²) in [5.41, 5.74) is 0.298. The van der Waals surface area contributed by atoms with Gasteiger partial charge in [-0.25, -0.2) is 8.42 Å². The van der Waals surface area contributed by atoms with E-state index < -0.39 is 15.4 Å². The van der Waals surface area contributed by atoms with Gasteiger partial charge in [-0.15, -0.1) is 0 Å². The second kappa shape index (κ2) is 4.54. The van der Waals surface area contributed by atoms with E-state index in [9.17, 15) is 8.42 Å². The van der Waals surface area contributed by atoms with Gasteiger partial charge in [0, 0.05) is 18.7 Å². The molecule has 1 aromatic carbocycles. The van der Waals surface area contributed by atoms with Crippen LogP contribution in [0.1, 0.15) is 37.7 Å². The van der Waals surface area contributed by atoms with Gasteiger partial charge in [-0.05, 0) is 25.3 Å². The first-order valence-electron chi connectivity index (χ1n) is 7.79. The molecule has 1 aromatic rings. The van der Waals surface area contributed by atoms with Crippen LogP contribution in [0, 0.1) is 0 Å². The molecule has 114 valence electrons. The van der Waals surface area contributed by atoms with Gasteiger partial charge in [0.1, 0.15) is 5.60 Å². The number of rotatable bonds is 0. The molecule has 21 heavy (non-hydrogen) atoms. The third-order valence-electron chi connectivity index (χ3n) is 5.27. The van der Waals surface area contributed by atoms with Gasteiger partial charge in [0.2, 0.25) is 0 Å². The average Bonchev–Trinajstić information content (AvgIpc) is 2.92. The summed E-state index contributed by atoms with van der Waals surface area (Å²) in [4.78, 5) is 0.466. The Balaban J connectivity index is 1.81. The van der Waals surface area contributed by atoms with Gasteiger partial charge in [-0.1, -0.05) is 31.0 Å². The summed E-state index contributed by atoms with van der Waals surface area (Å²) < 4.78 is 31.3. The van der Waals surface area contributed by atoms with E-state index >= 15 is 0 Å². The highest BCUT2D eigenvalue weighted by atomic mass is 32.2. The quantitative estimate of drug-likeness (QED) is 0.796. The van der Waals surface area contributed by atoms with E-state index in [0.29, 0.717) is 17.9 Å². The lowest BCUT2D eigenvalue weighted by molar-refractivity contribution is -0.184. The van der Waals surface area contributed by atoms with Gasteiger partial charge in [-0.2, -0.15) is 0 Å². The van der Waals surface area contributed by atoms with Gasteiger partial charge >= 0.3 is 0 Å². The molecular formula is C16H21NO3S.